The normalized spacial score (nSPS) is 12.5. The van der Waals surface area contributed by atoms with E-state index in [1.807, 2.05) is 0 Å². The molecule has 1 aromatic rings. The van der Waals surface area contributed by atoms with Gasteiger partial charge in [0, 0.05) is 12.1 Å². The van der Waals surface area contributed by atoms with Crippen molar-refractivity contribution in [2.45, 2.75) is 52.7 Å². The SMILES string of the molecule is COC(=O)c1c(C)c(CC(O)C(=O)OC)c(C)n1C(=O)OC(C)(C)C. The fourth-order valence-electron chi connectivity index (χ4n) is 2.48. The number of nitrogens with zero attached hydrogens (tertiary/aromatic N) is 1. The molecule has 1 aromatic heterocycles. The van der Waals surface area contributed by atoms with Crippen LogP contribution in [0.25, 0.3) is 0 Å². The second kappa shape index (κ2) is 7.69. The highest BCUT2D eigenvalue weighted by molar-refractivity contribution is 5.95. The molecule has 0 saturated heterocycles. The number of aromatic nitrogens is 1. The van der Waals surface area contributed by atoms with Gasteiger partial charge in [-0.15, -0.1) is 0 Å². The van der Waals surface area contributed by atoms with Crippen LogP contribution in [0.3, 0.4) is 0 Å². The van der Waals surface area contributed by atoms with Crippen LogP contribution in [0.5, 0.6) is 0 Å². The molecule has 8 nitrogen and oxygen atoms in total. The Hall–Kier alpha value is -2.35. The van der Waals surface area contributed by atoms with Crippen molar-refractivity contribution < 1.29 is 33.7 Å². The summed E-state index contributed by atoms with van der Waals surface area (Å²) in [5, 5.41) is 9.92. The number of hydrogen-bond acceptors (Lipinski definition) is 7. The molecule has 0 bridgehead atoms. The summed E-state index contributed by atoms with van der Waals surface area (Å²) in [7, 11) is 2.36. The van der Waals surface area contributed by atoms with Gasteiger partial charge in [-0.05, 0) is 45.7 Å². The van der Waals surface area contributed by atoms with E-state index in [9.17, 15) is 19.5 Å². The average Bonchev–Trinajstić information content (AvgIpc) is 2.76. The van der Waals surface area contributed by atoms with Gasteiger partial charge in [-0.25, -0.2) is 19.0 Å². The molecule has 0 spiro atoms. The van der Waals surface area contributed by atoms with Crippen LogP contribution in [0.4, 0.5) is 4.79 Å². The van der Waals surface area contributed by atoms with E-state index in [2.05, 4.69) is 4.74 Å². The van der Waals surface area contributed by atoms with Crippen molar-refractivity contribution in [1.82, 2.24) is 4.57 Å². The zero-order valence-electron chi connectivity index (χ0n) is 15.6. The Morgan fingerprint density at radius 1 is 1.12 bits per heavy atom. The fourth-order valence-corrected chi connectivity index (χ4v) is 2.48. The van der Waals surface area contributed by atoms with Gasteiger partial charge in [-0.2, -0.15) is 0 Å². The van der Waals surface area contributed by atoms with Crippen molar-refractivity contribution in [3.63, 3.8) is 0 Å². The molecular weight excluding hydrogens is 330 g/mol. The summed E-state index contributed by atoms with van der Waals surface area (Å²) < 4.78 is 15.7. The van der Waals surface area contributed by atoms with Gasteiger partial charge < -0.3 is 19.3 Å². The number of rotatable bonds is 4. The van der Waals surface area contributed by atoms with Gasteiger partial charge in [-0.3, -0.25) is 0 Å². The molecule has 0 fully saturated rings. The molecular formula is C17H25NO7. The number of carbonyl (C=O) groups excluding carboxylic acids is 3. The summed E-state index contributed by atoms with van der Waals surface area (Å²) >= 11 is 0. The fraction of sp³-hybridized carbons (Fsp3) is 0.588. The molecule has 0 aliphatic heterocycles. The molecule has 1 heterocycles. The highest BCUT2D eigenvalue weighted by Crippen LogP contribution is 2.26. The maximum absolute atomic E-state index is 12.5. The van der Waals surface area contributed by atoms with Gasteiger partial charge in [0.05, 0.1) is 14.2 Å². The lowest BCUT2D eigenvalue weighted by atomic mass is 10.0. The molecule has 140 valence electrons. The standard InChI is InChI=1S/C17H25NO7/c1-9-11(8-12(19)14(20)23-6)10(2)18(13(9)15(21)24-7)16(22)25-17(3,4)5/h12,19H,8H2,1-7H3. The monoisotopic (exact) mass is 355 g/mol. The van der Waals surface area contributed by atoms with Crippen LogP contribution in [0.2, 0.25) is 0 Å². The molecule has 0 aliphatic carbocycles. The lowest BCUT2D eigenvalue weighted by molar-refractivity contribution is -0.150. The number of ether oxygens (including phenoxy) is 3. The molecule has 0 saturated carbocycles. The Kier molecular flexibility index (Phi) is 6.37. The molecule has 1 N–H and O–H groups in total. The first-order chi connectivity index (χ1) is 11.4. The van der Waals surface area contributed by atoms with E-state index in [1.165, 1.54) is 7.11 Å². The second-order valence-corrected chi connectivity index (χ2v) is 6.59. The van der Waals surface area contributed by atoms with Crippen molar-refractivity contribution in [1.29, 1.82) is 0 Å². The molecule has 0 amide bonds. The summed E-state index contributed by atoms with van der Waals surface area (Å²) in [4.78, 5) is 36.2. The quantitative estimate of drug-likeness (QED) is 0.648. The predicted octanol–water partition coefficient (Wildman–Crippen LogP) is 1.75. The number of aliphatic hydroxyl groups is 1. The lowest BCUT2D eigenvalue weighted by Crippen LogP contribution is -2.30. The van der Waals surface area contributed by atoms with Gasteiger partial charge in [0.25, 0.3) is 0 Å². The molecule has 8 heteroatoms. The van der Waals surface area contributed by atoms with Gasteiger partial charge in [0.2, 0.25) is 0 Å². The number of aliphatic hydroxyl groups excluding tert-OH is 1. The van der Waals surface area contributed by atoms with Crippen LogP contribution in [-0.2, 0) is 25.4 Å². The Morgan fingerprint density at radius 2 is 1.68 bits per heavy atom. The Morgan fingerprint density at radius 3 is 2.12 bits per heavy atom. The minimum absolute atomic E-state index is 0.00122. The molecule has 0 aromatic carbocycles. The minimum Gasteiger partial charge on any atom is -0.467 e. The first-order valence-corrected chi connectivity index (χ1v) is 7.72. The zero-order chi connectivity index (χ0) is 19.5. The summed E-state index contributed by atoms with van der Waals surface area (Å²) in [6.07, 6.45) is -2.26. The summed E-state index contributed by atoms with van der Waals surface area (Å²) in [6.45, 7) is 8.32. The number of esters is 2. The molecule has 25 heavy (non-hydrogen) atoms. The smallest absolute Gasteiger partial charge is 0.419 e. The molecule has 1 unspecified atom stereocenters. The molecule has 1 rings (SSSR count). The topological polar surface area (TPSA) is 104 Å². The first kappa shape index (κ1) is 20.7. The molecule has 1 atom stereocenters. The van der Waals surface area contributed by atoms with Crippen LogP contribution >= 0.6 is 0 Å². The van der Waals surface area contributed by atoms with Crippen LogP contribution in [0.1, 0.15) is 48.1 Å². The van der Waals surface area contributed by atoms with E-state index in [-0.39, 0.29) is 12.1 Å². The van der Waals surface area contributed by atoms with E-state index >= 15 is 0 Å². The van der Waals surface area contributed by atoms with Crippen molar-refractivity contribution >= 4 is 18.0 Å². The Bertz CT molecular complexity index is 682. The van der Waals surface area contributed by atoms with Crippen molar-refractivity contribution in [3.8, 4) is 0 Å². The third-order valence-corrected chi connectivity index (χ3v) is 3.63. The van der Waals surface area contributed by atoms with Crippen molar-refractivity contribution in [3.05, 3.63) is 22.5 Å². The maximum Gasteiger partial charge on any atom is 0.419 e. The van der Waals surface area contributed by atoms with Crippen LogP contribution in [-0.4, -0.2) is 53.6 Å². The van der Waals surface area contributed by atoms with E-state index in [0.29, 0.717) is 16.8 Å². The largest absolute Gasteiger partial charge is 0.467 e. The average molecular weight is 355 g/mol. The Labute approximate surface area is 146 Å². The van der Waals surface area contributed by atoms with E-state index in [1.54, 1.807) is 34.6 Å². The zero-order valence-corrected chi connectivity index (χ0v) is 15.6. The van der Waals surface area contributed by atoms with E-state index in [4.69, 9.17) is 9.47 Å². The van der Waals surface area contributed by atoms with Gasteiger partial charge >= 0.3 is 18.0 Å². The summed E-state index contributed by atoms with van der Waals surface area (Å²) in [6, 6.07) is 0. The third kappa shape index (κ3) is 4.60. The lowest BCUT2D eigenvalue weighted by Gasteiger charge is -2.21. The molecule has 0 aliphatic rings. The van der Waals surface area contributed by atoms with E-state index in [0.717, 1.165) is 11.7 Å². The van der Waals surface area contributed by atoms with Gasteiger partial charge in [-0.1, -0.05) is 0 Å². The highest BCUT2D eigenvalue weighted by atomic mass is 16.6. The van der Waals surface area contributed by atoms with Gasteiger partial charge in [0.1, 0.15) is 11.3 Å². The number of carbonyl (C=O) groups is 3. The third-order valence-electron chi connectivity index (χ3n) is 3.63. The summed E-state index contributed by atoms with van der Waals surface area (Å²) in [5.41, 5.74) is 0.527. The Balaban J connectivity index is 3.45. The van der Waals surface area contributed by atoms with Crippen LogP contribution < -0.4 is 0 Å². The number of hydrogen-bond donors (Lipinski definition) is 1. The van der Waals surface area contributed by atoms with Gasteiger partial charge in [0.15, 0.2) is 6.10 Å². The van der Waals surface area contributed by atoms with Crippen LogP contribution in [0.15, 0.2) is 0 Å². The summed E-state index contributed by atoms with van der Waals surface area (Å²) in [5.74, 6) is -1.52. The highest BCUT2D eigenvalue weighted by Gasteiger charge is 2.31. The predicted molar refractivity (Wildman–Crippen MR) is 88.6 cm³/mol. The maximum atomic E-state index is 12.5. The van der Waals surface area contributed by atoms with Crippen molar-refractivity contribution in [2.75, 3.05) is 14.2 Å². The van der Waals surface area contributed by atoms with E-state index < -0.39 is 29.7 Å². The molecule has 0 radical (unpaired) electrons. The second-order valence-electron chi connectivity index (χ2n) is 6.59. The first-order valence-electron chi connectivity index (χ1n) is 7.72. The van der Waals surface area contributed by atoms with Crippen LogP contribution in [0, 0.1) is 13.8 Å². The minimum atomic E-state index is -1.41. The number of methoxy groups -OCH3 is 2. The van der Waals surface area contributed by atoms with Crippen molar-refractivity contribution in [2.24, 2.45) is 0 Å².